The van der Waals surface area contributed by atoms with E-state index < -0.39 is 0 Å². The van der Waals surface area contributed by atoms with Gasteiger partial charge in [0.25, 0.3) is 0 Å². The Morgan fingerprint density at radius 3 is 2.56 bits per heavy atom. The molecule has 0 rings (SSSR count). The van der Waals surface area contributed by atoms with Gasteiger partial charge < -0.3 is 5.32 Å². The Morgan fingerprint density at radius 2 is 2.22 bits per heavy atom. The summed E-state index contributed by atoms with van der Waals surface area (Å²) in [6, 6.07) is 0. The molecule has 0 aromatic carbocycles. The highest BCUT2D eigenvalue weighted by Gasteiger charge is 1.93. The number of nitrogens with one attached hydrogen (secondary N) is 1. The van der Waals surface area contributed by atoms with Crippen LogP contribution < -0.4 is 5.32 Å². The van der Waals surface area contributed by atoms with E-state index in [1.54, 1.807) is 6.54 Å². The van der Waals surface area contributed by atoms with Crippen molar-refractivity contribution in [2.75, 3.05) is 0 Å². The third kappa shape index (κ3) is 7.47. The largest absolute Gasteiger partial charge is 0.352 e. The molecule has 0 aliphatic rings. The standard InChI is InChI=1S/C7H14NO/c1-6(2)4-5-8-7(3)9/h5-6H,4H2,1-3H3,(H,8,9). The fraction of sp³-hybridized carbons (Fsp3) is 0.714. The molecule has 0 saturated carbocycles. The van der Waals surface area contributed by atoms with Crippen LogP contribution in [0.15, 0.2) is 0 Å². The highest BCUT2D eigenvalue weighted by molar-refractivity contribution is 5.73. The van der Waals surface area contributed by atoms with Crippen molar-refractivity contribution in [3.63, 3.8) is 0 Å². The van der Waals surface area contributed by atoms with Gasteiger partial charge in [-0.15, -0.1) is 0 Å². The molecule has 1 amide bonds. The first kappa shape index (κ1) is 8.47. The second-order valence-electron chi connectivity index (χ2n) is 2.53. The van der Waals surface area contributed by atoms with Crippen molar-refractivity contribution in [2.24, 2.45) is 5.92 Å². The maximum atomic E-state index is 10.3. The van der Waals surface area contributed by atoms with Crippen LogP contribution in [-0.4, -0.2) is 5.91 Å². The summed E-state index contributed by atoms with van der Waals surface area (Å²) in [7, 11) is 0. The highest BCUT2D eigenvalue weighted by Crippen LogP contribution is 1.98. The zero-order valence-electron chi connectivity index (χ0n) is 6.27. The summed E-state index contributed by atoms with van der Waals surface area (Å²) in [6.07, 6.45) is 0.944. The third-order valence-corrected chi connectivity index (χ3v) is 0.895. The minimum atomic E-state index is 0.00986. The number of hydrogen-bond donors (Lipinski definition) is 1. The topological polar surface area (TPSA) is 29.1 Å². The minimum Gasteiger partial charge on any atom is -0.352 e. The van der Waals surface area contributed by atoms with Crippen LogP contribution in [0.5, 0.6) is 0 Å². The monoisotopic (exact) mass is 128 g/mol. The quantitative estimate of drug-likeness (QED) is 0.610. The molecule has 0 bridgehead atoms. The molecule has 9 heavy (non-hydrogen) atoms. The van der Waals surface area contributed by atoms with E-state index in [1.165, 1.54) is 6.92 Å². The molecule has 2 heteroatoms. The van der Waals surface area contributed by atoms with Crippen LogP contribution >= 0.6 is 0 Å². The molecule has 2 nitrogen and oxygen atoms in total. The zero-order chi connectivity index (χ0) is 7.28. The SMILES string of the molecule is CC(=O)N[CH]CC(C)C. The van der Waals surface area contributed by atoms with Crippen LogP contribution in [0.2, 0.25) is 0 Å². The summed E-state index contributed by atoms with van der Waals surface area (Å²) >= 11 is 0. The number of carbonyl (C=O) groups excluding carboxylic acids is 1. The van der Waals surface area contributed by atoms with Gasteiger partial charge in [-0.05, 0) is 12.3 Å². The second kappa shape index (κ2) is 4.36. The fourth-order valence-corrected chi connectivity index (χ4v) is 0.438. The highest BCUT2D eigenvalue weighted by atomic mass is 16.1. The van der Waals surface area contributed by atoms with Crippen molar-refractivity contribution >= 4 is 5.91 Å². The number of amides is 1. The summed E-state index contributed by atoms with van der Waals surface area (Å²) in [4.78, 5) is 10.3. The van der Waals surface area contributed by atoms with Crippen molar-refractivity contribution in [1.82, 2.24) is 5.32 Å². The Kier molecular flexibility index (Phi) is 4.10. The summed E-state index contributed by atoms with van der Waals surface area (Å²) in [5, 5.41) is 2.61. The van der Waals surface area contributed by atoms with Gasteiger partial charge >= 0.3 is 0 Å². The molecule has 0 unspecified atom stereocenters. The Balaban J connectivity index is 3.01. The van der Waals surface area contributed by atoms with Gasteiger partial charge in [-0.1, -0.05) is 13.8 Å². The maximum absolute atomic E-state index is 10.3. The van der Waals surface area contributed by atoms with Crippen LogP contribution in [0.1, 0.15) is 27.2 Å². The first-order chi connectivity index (χ1) is 4.13. The molecule has 0 aliphatic heterocycles. The van der Waals surface area contributed by atoms with Crippen LogP contribution in [0.25, 0.3) is 0 Å². The average Bonchev–Trinajstić information content (AvgIpc) is 1.63. The first-order valence-electron chi connectivity index (χ1n) is 3.21. The van der Waals surface area contributed by atoms with Gasteiger partial charge in [-0.3, -0.25) is 4.79 Å². The summed E-state index contributed by atoms with van der Waals surface area (Å²) in [6.45, 7) is 7.53. The second-order valence-corrected chi connectivity index (χ2v) is 2.53. The van der Waals surface area contributed by atoms with Gasteiger partial charge in [0.15, 0.2) is 0 Å². The average molecular weight is 128 g/mol. The molecule has 0 heterocycles. The van der Waals surface area contributed by atoms with Crippen molar-refractivity contribution in [2.45, 2.75) is 27.2 Å². The Bertz CT molecular complexity index is 88.9. The predicted molar refractivity (Wildman–Crippen MR) is 37.6 cm³/mol. The van der Waals surface area contributed by atoms with E-state index in [0.717, 1.165) is 6.42 Å². The number of carbonyl (C=O) groups is 1. The van der Waals surface area contributed by atoms with Crippen molar-refractivity contribution < 1.29 is 4.79 Å². The van der Waals surface area contributed by atoms with Crippen LogP contribution in [0.4, 0.5) is 0 Å². The molecule has 0 aromatic heterocycles. The molecule has 0 atom stereocenters. The van der Waals surface area contributed by atoms with Crippen LogP contribution in [0, 0.1) is 12.5 Å². The van der Waals surface area contributed by atoms with Gasteiger partial charge in [-0.2, -0.15) is 0 Å². The summed E-state index contributed by atoms with van der Waals surface area (Å²) in [5.74, 6) is 0.632. The van der Waals surface area contributed by atoms with E-state index in [9.17, 15) is 4.79 Å². The van der Waals surface area contributed by atoms with Crippen molar-refractivity contribution in [3.8, 4) is 0 Å². The lowest BCUT2D eigenvalue weighted by Crippen LogP contribution is -2.16. The molecular weight excluding hydrogens is 114 g/mol. The summed E-state index contributed by atoms with van der Waals surface area (Å²) in [5.41, 5.74) is 0. The molecule has 53 valence electrons. The molecule has 0 fully saturated rings. The molecular formula is C7H14NO. The predicted octanol–water partition coefficient (Wildman–Crippen LogP) is 1.33. The normalized spacial score (nSPS) is 9.78. The molecule has 0 aromatic rings. The van der Waals surface area contributed by atoms with Gasteiger partial charge in [0.2, 0.25) is 5.91 Å². The molecule has 1 N–H and O–H groups in total. The number of hydrogen-bond acceptors (Lipinski definition) is 1. The smallest absolute Gasteiger partial charge is 0.217 e. The van der Waals surface area contributed by atoms with E-state index >= 15 is 0 Å². The third-order valence-electron chi connectivity index (χ3n) is 0.895. The van der Waals surface area contributed by atoms with E-state index in [0.29, 0.717) is 5.92 Å². The minimum absolute atomic E-state index is 0.00986. The van der Waals surface area contributed by atoms with Gasteiger partial charge in [0.05, 0.1) is 0 Å². The lowest BCUT2D eigenvalue weighted by molar-refractivity contribution is -0.118. The fourth-order valence-electron chi connectivity index (χ4n) is 0.438. The van der Waals surface area contributed by atoms with Gasteiger partial charge in [-0.25, -0.2) is 0 Å². The van der Waals surface area contributed by atoms with E-state index in [1.807, 2.05) is 0 Å². The van der Waals surface area contributed by atoms with Gasteiger partial charge in [0, 0.05) is 13.5 Å². The van der Waals surface area contributed by atoms with Crippen molar-refractivity contribution in [3.05, 3.63) is 6.54 Å². The van der Waals surface area contributed by atoms with E-state index in [-0.39, 0.29) is 5.91 Å². The Hall–Kier alpha value is -0.530. The van der Waals surface area contributed by atoms with E-state index in [2.05, 4.69) is 19.2 Å². The maximum Gasteiger partial charge on any atom is 0.217 e. The summed E-state index contributed by atoms with van der Waals surface area (Å²) < 4.78 is 0. The first-order valence-corrected chi connectivity index (χ1v) is 3.21. The molecule has 0 spiro atoms. The molecule has 0 saturated heterocycles. The van der Waals surface area contributed by atoms with Gasteiger partial charge in [0.1, 0.15) is 0 Å². The van der Waals surface area contributed by atoms with Crippen molar-refractivity contribution in [1.29, 1.82) is 0 Å². The lowest BCUT2D eigenvalue weighted by atomic mass is 10.1. The Labute approximate surface area is 56.6 Å². The molecule has 0 aliphatic carbocycles. The van der Waals surface area contributed by atoms with Crippen LogP contribution in [0.3, 0.4) is 0 Å². The van der Waals surface area contributed by atoms with E-state index in [4.69, 9.17) is 0 Å². The molecule has 1 radical (unpaired) electrons. The zero-order valence-corrected chi connectivity index (χ0v) is 6.27. The Morgan fingerprint density at radius 1 is 1.67 bits per heavy atom. The van der Waals surface area contributed by atoms with Crippen LogP contribution in [-0.2, 0) is 4.79 Å². The lowest BCUT2D eigenvalue weighted by Gasteiger charge is -2.02. The number of rotatable bonds is 3.